The Kier molecular flexibility index (Phi) is 6.92. The fraction of sp³-hybridized carbons (Fsp3) is 0.667. The summed E-state index contributed by atoms with van der Waals surface area (Å²) in [6.45, 7) is 4.00. The molecule has 1 saturated carbocycles. The molecular weight excluding hydrogens is 326 g/mol. The normalized spacial score (nSPS) is 24.5. The van der Waals surface area contributed by atoms with Crippen LogP contribution in [-0.2, 0) is 11.3 Å². The highest BCUT2D eigenvalue weighted by molar-refractivity contribution is 5.76. The van der Waals surface area contributed by atoms with Crippen molar-refractivity contribution >= 4 is 5.91 Å². The average molecular weight is 360 g/mol. The number of nitrogens with zero attached hydrogens (tertiary/aromatic N) is 1. The van der Waals surface area contributed by atoms with Crippen LogP contribution in [0.2, 0.25) is 0 Å². The molecule has 26 heavy (non-hydrogen) atoms. The minimum Gasteiger partial charge on any atom is -0.497 e. The Hall–Kier alpha value is -1.59. The fourth-order valence-electron chi connectivity index (χ4n) is 4.23. The third-order valence-corrected chi connectivity index (χ3v) is 6.03. The van der Waals surface area contributed by atoms with Gasteiger partial charge in [-0.2, -0.15) is 0 Å². The highest BCUT2D eigenvalue weighted by Crippen LogP contribution is 2.26. The molecule has 1 aliphatic carbocycles. The third-order valence-electron chi connectivity index (χ3n) is 6.03. The zero-order valence-electron chi connectivity index (χ0n) is 16.0. The monoisotopic (exact) mass is 359 g/mol. The number of carbonyl (C=O) groups is 1. The van der Waals surface area contributed by atoms with Crippen LogP contribution in [0.15, 0.2) is 24.3 Å². The molecule has 1 aliphatic heterocycles. The number of carbonyl (C=O) groups excluding carboxylic acids is 1. The van der Waals surface area contributed by atoms with Gasteiger partial charge in [0.1, 0.15) is 5.75 Å². The van der Waals surface area contributed by atoms with Crippen molar-refractivity contribution in [3.05, 3.63) is 29.8 Å². The van der Waals surface area contributed by atoms with Gasteiger partial charge in [0, 0.05) is 25.6 Å². The van der Waals surface area contributed by atoms with Crippen molar-refractivity contribution in [3.63, 3.8) is 0 Å². The highest BCUT2D eigenvalue weighted by Gasteiger charge is 2.26. The van der Waals surface area contributed by atoms with Crippen LogP contribution in [0.5, 0.6) is 5.75 Å². The number of methoxy groups -OCH3 is 1. The first-order valence-electron chi connectivity index (χ1n) is 10.0. The lowest BCUT2D eigenvalue weighted by Crippen LogP contribution is -2.39. The Balaban J connectivity index is 1.33. The Bertz CT molecular complexity index is 567. The maximum atomic E-state index is 12.2. The lowest BCUT2D eigenvalue weighted by molar-refractivity contribution is -0.122. The molecule has 2 aliphatic rings. The molecule has 144 valence electrons. The molecule has 2 fully saturated rings. The molecule has 0 unspecified atom stereocenters. The summed E-state index contributed by atoms with van der Waals surface area (Å²) in [6.07, 6.45) is 6.27. The second-order valence-corrected chi connectivity index (χ2v) is 7.93. The maximum absolute atomic E-state index is 12.2. The fourth-order valence-corrected chi connectivity index (χ4v) is 4.23. The lowest BCUT2D eigenvalue weighted by atomic mass is 9.95. The van der Waals surface area contributed by atoms with Crippen LogP contribution in [0.1, 0.15) is 44.1 Å². The van der Waals surface area contributed by atoms with Gasteiger partial charge in [-0.15, -0.1) is 0 Å². The second kappa shape index (κ2) is 9.38. The lowest BCUT2D eigenvalue weighted by Gasteiger charge is -2.32. The van der Waals surface area contributed by atoms with Crippen molar-refractivity contribution in [2.24, 2.45) is 17.6 Å². The van der Waals surface area contributed by atoms with Crippen molar-refractivity contribution in [1.29, 1.82) is 0 Å². The molecule has 3 N–H and O–H groups in total. The van der Waals surface area contributed by atoms with Crippen LogP contribution in [0.3, 0.4) is 0 Å². The van der Waals surface area contributed by atoms with Gasteiger partial charge in [-0.1, -0.05) is 18.6 Å². The van der Waals surface area contributed by atoms with Crippen LogP contribution in [0.4, 0.5) is 0 Å². The number of hydrogen-bond acceptors (Lipinski definition) is 4. The Morgan fingerprint density at radius 2 is 1.92 bits per heavy atom. The standard InChI is InChI=1S/C21H33N3O2/c1-26-19-7-5-17(6-8-19)15-24-11-9-16(10-12-24)14-23-21(25)13-18-3-2-4-20(18)22/h5-8,16,18,20H,2-4,9-15,22H2,1H3,(H,23,25)/t18-,20+/m0/s1. The molecule has 5 nitrogen and oxygen atoms in total. The van der Waals surface area contributed by atoms with Gasteiger partial charge in [-0.25, -0.2) is 0 Å². The Morgan fingerprint density at radius 1 is 1.19 bits per heavy atom. The Morgan fingerprint density at radius 3 is 2.54 bits per heavy atom. The molecule has 0 bridgehead atoms. The summed E-state index contributed by atoms with van der Waals surface area (Å²) in [5.74, 6) is 2.08. The van der Waals surface area contributed by atoms with Crippen LogP contribution in [0.25, 0.3) is 0 Å². The van der Waals surface area contributed by atoms with Crippen molar-refractivity contribution < 1.29 is 9.53 Å². The molecule has 1 saturated heterocycles. The first-order chi connectivity index (χ1) is 12.6. The number of benzene rings is 1. The van der Waals surface area contributed by atoms with E-state index in [1.54, 1.807) is 7.11 Å². The van der Waals surface area contributed by atoms with Gasteiger partial charge in [0.25, 0.3) is 0 Å². The Labute approximate surface area is 157 Å². The molecule has 1 heterocycles. The van der Waals surface area contributed by atoms with E-state index in [4.69, 9.17) is 10.5 Å². The summed E-state index contributed by atoms with van der Waals surface area (Å²) >= 11 is 0. The first-order valence-corrected chi connectivity index (χ1v) is 10.0. The van der Waals surface area contributed by atoms with E-state index in [2.05, 4.69) is 22.3 Å². The summed E-state index contributed by atoms with van der Waals surface area (Å²) in [5.41, 5.74) is 7.39. The van der Waals surface area contributed by atoms with E-state index in [0.29, 0.717) is 18.3 Å². The molecule has 2 atom stereocenters. The van der Waals surface area contributed by atoms with Gasteiger partial charge in [0.05, 0.1) is 7.11 Å². The number of likely N-dealkylation sites (tertiary alicyclic amines) is 1. The zero-order valence-corrected chi connectivity index (χ0v) is 16.0. The first kappa shape index (κ1) is 19.2. The van der Waals surface area contributed by atoms with E-state index in [0.717, 1.165) is 57.6 Å². The summed E-state index contributed by atoms with van der Waals surface area (Å²) in [6, 6.07) is 8.54. The predicted molar refractivity (Wildman–Crippen MR) is 104 cm³/mol. The van der Waals surface area contributed by atoms with Crippen molar-refractivity contribution in [1.82, 2.24) is 10.2 Å². The molecule has 0 aromatic heterocycles. The summed E-state index contributed by atoms with van der Waals surface area (Å²) < 4.78 is 5.21. The highest BCUT2D eigenvalue weighted by atomic mass is 16.5. The van der Waals surface area contributed by atoms with Crippen LogP contribution >= 0.6 is 0 Å². The number of nitrogens with two attached hydrogens (primary N) is 1. The van der Waals surface area contributed by atoms with Crippen molar-refractivity contribution in [2.45, 2.75) is 51.1 Å². The maximum Gasteiger partial charge on any atom is 0.220 e. The number of nitrogens with one attached hydrogen (secondary N) is 1. The molecule has 0 radical (unpaired) electrons. The number of piperidine rings is 1. The largest absolute Gasteiger partial charge is 0.497 e. The smallest absolute Gasteiger partial charge is 0.220 e. The molecule has 1 aromatic rings. The molecule has 0 spiro atoms. The SMILES string of the molecule is COc1ccc(CN2CCC(CNC(=O)C[C@@H]3CCC[C@H]3N)CC2)cc1. The molecular formula is C21H33N3O2. The zero-order chi connectivity index (χ0) is 18.4. The van der Waals surface area contributed by atoms with E-state index >= 15 is 0 Å². The summed E-state index contributed by atoms with van der Waals surface area (Å²) in [7, 11) is 1.70. The van der Waals surface area contributed by atoms with Gasteiger partial charge >= 0.3 is 0 Å². The molecule has 1 amide bonds. The summed E-state index contributed by atoms with van der Waals surface area (Å²) in [4.78, 5) is 14.7. The number of hydrogen-bond donors (Lipinski definition) is 2. The number of amides is 1. The second-order valence-electron chi connectivity index (χ2n) is 7.93. The number of ether oxygens (including phenoxy) is 1. The van der Waals surface area contributed by atoms with E-state index in [-0.39, 0.29) is 11.9 Å². The minimum atomic E-state index is 0.188. The number of rotatable bonds is 7. The van der Waals surface area contributed by atoms with Gasteiger partial charge in [-0.3, -0.25) is 9.69 Å². The van der Waals surface area contributed by atoms with Crippen molar-refractivity contribution in [3.8, 4) is 5.75 Å². The van der Waals surface area contributed by atoms with Gasteiger partial charge in [0.15, 0.2) is 0 Å². The van der Waals surface area contributed by atoms with Gasteiger partial charge < -0.3 is 15.8 Å². The minimum absolute atomic E-state index is 0.188. The van der Waals surface area contributed by atoms with Gasteiger partial charge in [-0.05, 0) is 68.3 Å². The van der Waals surface area contributed by atoms with Crippen LogP contribution in [-0.4, -0.2) is 43.6 Å². The van der Waals surface area contributed by atoms with E-state index in [1.807, 2.05) is 12.1 Å². The van der Waals surface area contributed by atoms with Gasteiger partial charge in [0.2, 0.25) is 5.91 Å². The van der Waals surface area contributed by atoms with E-state index in [9.17, 15) is 4.79 Å². The van der Waals surface area contributed by atoms with Crippen LogP contribution < -0.4 is 15.8 Å². The molecule has 5 heteroatoms. The third kappa shape index (κ3) is 5.45. The summed E-state index contributed by atoms with van der Waals surface area (Å²) in [5, 5.41) is 3.15. The van der Waals surface area contributed by atoms with Crippen LogP contribution in [0, 0.1) is 11.8 Å². The molecule has 3 rings (SSSR count). The van der Waals surface area contributed by atoms with E-state index in [1.165, 1.54) is 12.0 Å². The predicted octanol–water partition coefficient (Wildman–Crippen LogP) is 2.54. The topological polar surface area (TPSA) is 67.6 Å². The van der Waals surface area contributed by atoms with E-state index < -0.39 is 0 Å². The average Bonchev–Trinajstić information content (AvgIpc) is 3.06. The van der Waals surface area contributed by atoms with Crippen molar-refractivity contribution in [2.75, 3.05) is 26.7 Å². The molecule has 1 aromatic carbocycles. The quantitative estimate of drug-likeness (QED) is 0.785.